The SMILES string of the molecule is CCC(C)C1=CC2(C=C(C(C)CC)C1=O)CC=CCC2. The molecule has 2 aliphatic carbocycles. The van der Waals surface area contributed by atoms with E-state index in [0.717, 1.165) is 43.3 Å². The third-order valence-corrected chi connectivity index (χ3v) is 5.14. The standard InChI is InChI=1S/C19H28O/c1-5-14(3)16-12-19(10-8-7-9-11-19)13-17(18(16)20)15(4)6-2/h7-8,12-15H,5-6,9-11H2,1-4H3. The van der Waals surface area contributed by atoms with E-state index in [-0.39, 0.29) is 5.41 Å². The summed E-state index contributed by atoms with van der Waals surface area (Å²) in [4.78, 5) is 12.8. The Hall–Kier alpha value is -1.11. The van der Waals surface area contributed by atoms with Crippen molar-refractivity contribution in [1.29, 1.82) is 0 Å². The second-order valence-electron chi connectivity index (χ2n) is 6.59. The number of allylic oxidation sites excluding steroid dienone is 6. The Morgan fingerprint density at radius 1 is 1.05 bits per heavy atom. The van der Waals surface area contributed by atoms with E-state index in [1.165, 1.54) is 0 Å². The zero-order chi connectivity index (χ0) is 14.8. The maximum atomic E-state index is 12.8. The minimum atomic E-state index is 0.111. The quantitative estimate of drug-likeness (QED) is 0.639. The molecule has 2 aliphatic rings. The van der Waals surface area contributed by atoms with Gasteiger partial charge in [0.2, 0.25) is 0 Å². The molecule has 1 heteroatoms. The zero-order valence-corrected chi connectivity index (χ0v) is 13.4. The number of hydrogen-bond acceptors (Lipinski definition) is 1. The first-order chi connectivity index (χ1) is 9.53. The van der Waals surface area contributed by atoms with Crippen LogP contribution in [0.25, 0.3) is 0 Å². The molecule has 0 aromatic heterocycles. The largest absolute Gasteiger partial charge is 0.289 e. The second-order valence-corrected chi connectivity index (χ2v) is 6.59. The number of hydrogen-bond donors (Lipinski definition) is 0. The van der Waals surface area contributed by atoms with Crippen molar-refractivity contribution in [2.24, 2.45) is 17.3 Å². The van der Waals surface area contributed by atoms with E-state index < -0.39 is 0 Å². The first-order valence-corrected chi connectivity index (χ1v) is 8.18. The predicted molar refractivity (Wildman–Crippen MR) is 85.5 cm³/mol. The molecule has 0 saturated heterocycles. The molecule has 0 saturated carbocycles. The Kier molecular flexibility index (Phi) is 4.67. The van der Waals surface area contributed by atoms with Gasteiger partial charge in [-0.25, -0.2) is 0 Å². The molecule has 0 radical (unpaired) electrons. The van der Waals surface area contributed by atoms with Crippen LogP contribution in [0.4, 0.5) is 0 Å². The molecule has 2 rings (SSSR count). The molecule has 2 unspecified atom stereocenters. The molecule has 0 N–H and O–H groups in total. The number of carbonyl (C=O) groups excluding carboxylic acids is 1. The summed E-state index contributed by atoms with van der Waals surface area (Å²) in [5.41, 5.74) is 2.25. The van der Waals surface area contributed by atoms with Gasteiger partial charge in [-0.05, 0) is 55.1 Å². The molecule has 20 heavy (non-hydrogen) atoms. The fourth-order valence-corrected chi connectivity index (χ4v) is 3.27. The molecule has 0 heterocycles. The fourth-order valence-electron chi connectivity index (χ4n) is 3.27. The summed E-state index contributed by atoms with van der Waals surface area (Å²) in [7, 11) is 0. The third-order valence-electron chi connectivity index (χ3n) is 5.14. The van der Waals surface area contributed by atoms with E-state index in [0.29, 0.717) is 17.6 Å². The van der Waals surface area contributed by atoms with Gasteiger partial charge >= 0.3 is 0 Å². The second kappa shape index (κ2) is 6.11. The molecule has 2 atom stereocenters. The van der Waals surface area contributed by atoms with E-state index in [1.807, 2.05) is 0 Å². The lowest BCUT2D eigenvalue weighted by atomic mass is 9.67. The summed E-state index contributed by atoms with van der Waals surface area (Å²) in [6.07, 6.45) is 14.6. The minimum absolute atomic E-state index is 0.111. The Balaban J connectivity index is 2.44. The van der Waals surface area contributed by atoms with E-state index in [2.05, 4.69) is 52.0 Å². The summed E-state index contributed by atoms with van der Waals surface area (Å²) < 4.78 is 0. The summed E-state index contributed by atoms with van der Waals surface area (Å²) in [6, 6.07) is 0. The maximum absolute atomic E-state index is 12.8. The van der Waals surface area contributed by atoms with E-state index in [9.17, 15) is 4.79 Å². The van der Waals surface area contributed by atoms with Crippen molar-refractivity contribution in [3.63, 3.8) is 0 Å². The normalized spacial score (nSPS) is 29.1. The van der Waals surface area contributed by atoms with Crippen LogP contribution in [0.5, 0.6) is 0 Å². The first kappa shape index (κ1) is 15.3. The lowest BCUT2D eigenvalue weighted by Crippen LogP contribution is -2.29. The monoisotopic (exact) mass is 272 g/mol. The number of ketones is 1. The van der Waals surface area contributed by atoms with Gasteiger partial charge in [0.1, 0.15) is 0 Å². The topological polar surface area (TPSA) is 17.1 Å². The van der Waals surface area contributed by atoms with Gasteiger partial charge in [-0.1, -0.05) is 52.0 Å². The van der Waals surface area contributed by atoms with E-state index in [4.69, 9.17) is 0 Å². The van der Waals surface area contributed by atoms with Crippen molar-refractivity contribution in [3.05, 3.63) is 35.5 Å². The number of rotatable bonds is 4. The van der Waals surface area contributed by atoms with Gasteiger partial charge < -0.3 is 0 Å². The third kappa shape index (κ3) is 2.82. The minimum Gasteiger partial charge on any atom is -0.289 e. The highest BCUT2D eigenvalue weighted by Gasteiger charge is 2.36. The van der Waals surface area contributed by atoms with Gasteiger partial charge in [0, 0.05) is 5.41 Å². The maximum Gasteiger partial charge on any atom is 0.184 e. The van der Waals surface area contributed by atoms with Gasteiger partial charge in [0.05, 0.1) is 0 Å². The average Bonchev–Trinajstić information content (AvgIpc) is 2.48. The Labute approximate surface area is 123 Å². The van der Waals surface area contributed by atoms with Crippen LogP contribution in [0, 0.1) is 17.3 Å². The summed E-state index contributed by atoms with van der Waals surface area (Å²) >= 11 is 0. The Morgan fingerprint density at radius 2 is 1.60 bits per heavy atom. The lowest BCUT2D eigenvalue weighted by Gasteiger charge is -2.36. The zero-order valence-electron chi connectivity index (χ0n) is 13.4. The molecular formula is C19H28O. The van der Waals surface area contributed by atoms with Crippen LogP contribution in [0.15, 0.2) is 35.5 Å². The Morgan fingerprint density at radius 3 is 2.00 bits per heavy atom. The van der Waals surface area contributed by atoms with Crippen molar-refractivity contribution >= 4 is 5.78 Å². The van der Waals surface area contributed by atoms with Crippen molar-refractivity contribution < 1.29 is 4.79 Å². The summed E-state index contributed by atoms with van der Waals surface area (Å²) in [5, 5.41) is 0. The molecule has 0 aromatic carbocycles. The molecule has 0 fully saturated rings. The molecule has 1 spiro atoms. The highest BCUT2D eigenvalue weighted by atomic mass is 16.1. The van der Waals surface area contributed by atoms with Crippen molar-refractivity contribution in [3.8, 4) is 0 Å². The average molecular weight is 272 g/mol. The number of Topliss-reactive ketones (excluding diaryl/α,β-unsaturated/α-hetero) is 1. The van der Waals surface area contributed by atoms with Crippen molar-refractivity contribution in [2.75, 3.05) is 0 Å². The molecule has 0 amide bonds. The van der Waals surface area contributed by atoms with E-state index >= 15 is 0 Å². The van der Waals surface area contributed by atoms with Crippen LogP contribution in [0.3, 0.4) is 0 Å². The fraction of sp³-hybridized carbons (Fsp3) is 0.632. The van der Waals surface area contributed by atoms with Crippen LogP contribution in [-0.4, -0.2) is 5.78 Å². The van der Waals surface area contributed by atoms with Crippen LogP contribution < -0.4 is 0 Å². The molecule has 110 valence electrons. The van der Waals surface area contributed by atoms with Crippen molar-refractivity contribution in [1.82, 2.24) is 0 Å². The first-order valence-electron chi connectivity index (χ1n) is 8.18. The van der Waals surface area contributed by atoms with Crippen LogP contribution in [0.1, 0.15) is 59.8 Å². The predicted octanol–water partition coefficient (Wildman–Crippen LogP) is 5.24. The van der Waals surface area contributed by atoms with Crippen LogP contribution in [0.2, 0.25) is 0 Å². The van der Waals surface area contributed by atoms with Crippen LogP contribution >= 0.6 is 0 Å². The summed E-state index contributed by atoms with van der Waals surface area (Å²) in [6.45, 7) is 8.73. The highest BCUT2D eigenvalue weighted by molar-refractivity contribution is 6.10. The lowest BCUT2D eigenvalue weighted by molar-refractivity contribution is -0.113. The number of carbonyl (C=O) groups is 1. The highest BCUT2D eigenvalue weighted by Crippen LogP contribution is 2.44. The molecule has 0 aromatic rings. The molecule has 1 nitrogen and oxygen atoms in total. The van der Waals surface area contributed by atoms with E-state index in [1.54, 1.807) is 0 Å². The molecule has 0 aliphatic heterocycles. The smallest absolute Gasteiger partial charge is 0.184 e. The van der Waals surface area contributed by atoms with Gasteiger partial charge in [-0.15, -0.1) is 0 Å². The molecular weight excluding hydrogens is 244 g/mol. The van der Waals surface area contributed by atoms with Crippen LogP contribution in [-0.2, 0) is 4.79 Å². The van der Waals surface area contributed by atoms with Gasteiger partial charge in [-0.2, -0.15) is 0 Å². The molecule has 0 bridgehead atoms. The Bertz CT molecular complexity index is 434. The van der Waals surface area contributed by atoms with Gasteiger partial charge in [-0.3, -0.25) is 4.79 Å². The summed E-state index contributed by atoms with van der Waals surface area (Å²) in [5.74, 6) is 1.06. The van der Waals surface area contributed by atoms with Gasteiger partial charge in [0.25, 0.3) is 0 Å². The van der Waals surface area contributed by atoms with Gasteiger partial charge in [0.15, 0.2) is 5.78 Å². The van der Waals surface area contributed by atoms with Crippen molar-refractivity contribution in [2.45, 2.75) is 59.8 Å².